The number of rotatable bonds is 1. The number of benzene rings is 1. The van der Waals surface area contributed by atoms with Crippen molar-refractivity contribution in [2.45, 2.75) is 13.3 Å². The molecule has 0 saturated carbocycles. The molecule has 3 heteroatoms. The summed E-state index contributed by atoms with van der Waals surface area (Å²) in [5.41, 5.74) is 1.99. The largest absolute Gasteiger partial charge is 0.355 e. The molecule has 0 amide bonds. The van der Waals surface area contributed by atoms with Crippen LogP contribution in [-0.4, -0.2) is 5.16 Å². The van der Waals surface area contributed by atoms with Crippen LogP contribution in [0.5, 0.6) is 0 Å². The minimum absolute atomic E-state index is 0.445. The van der Waals surface area contributed by atoms with Gasteiger partial charge in [-0.05, 0) is 24.1 Å². The van der Waals surface area contributed by atoms with Gasteiger partial charge in [0.25, 0.3) is 0 Å². The first-order chi connectivity index (χ1) is 5.81. The van der Waals surface area contributed by atoms with Gasteiger partial charge in [-0.25, -0.2) is 0 Å². The molecular formula is C9H8ClNO. The summed E-state index contributed by atoms with van der Waals surface area (Å²) in [5, 5.41) is 5.01. The molecule has 1 aromatic carbocycles. The van der Waals surface area contributed by atoms with Gasteiger partial charge in [-0.15, -0.1) is 0 Å². The number of fused-ring (bicyclic) bond motifs is 1. The molecular weight excluding hydrogens is 174 g/mol. The molecule has 0 unspecified atom stereocenters. The van der Waals surface area contributed by atoms with Crippen molar-refractivity contribution in [2.24, 2.45) is 0 Å². The molecule has 0 bridgehead atoms. The van der Waals surface area contributed by atoms with Crippen LogP contribution in [0.2, 0.25) is 5.15 Å². The first kappa shape index (κ1) is 7.62. The summed E-state index contributed by atoms with van der Waals surface area (Å²) >= 11 is 5.80. The third-order valence-corrected chi connectivity index (χ3v) is 2.17. The molecule has 0 aliphatic carbocycles. The lowest BCUT2D eigenvalue weighted by atomic mass is 10.1. The minimum atomic E-state index is 0.445. The normalized spacial score (nSPS) is 10.8. The monoisotopic (exact) mass is 181 g/mol. The Labute approximate surface area is 75.1 Å². The fourth-order valence-corrected chi connectivity index (χ4v) is 1.36. The summed E-state index contributed by atoms with van der Waals surface area (Å²) in [7, 11) is 0. The van der Waals surface area contributed by atoms with Gasteiger partial charge in [0.2, 0.25) is 0 Å². The van der Waals surface area contributed by atoms with Crippen molar-refractivity contribution in [3.8, 4) is 0 Å². The number of halogens is 1. The average Bonchev–Trinajstić information content (AvgIpc) is 2.47. The molecule has 2 aromatic rings. The van der Waals surface area contributed by atoms with Crippen molar-refractivity contribution >= 4 is 22.6 Å². The maximum Gasteiger partial charge on any atom is 0.180 e. The van der Waals surface area contributed by atoms with Crippen LogP contribution in [0, 0.1) is 0 Å². The van der Waals surface area contributed by atoms with Crippen LogP contribution in [0.1, 0.15) is 12.5 Å². The van der Waals surface area contributed by atoms with Crippen LogP contribution in [-0.2, 0) is 6.42 Å². The molecule has 2 nitrogen and oxygen atoms in total. The lowest BCUT2D eigenvalue weighted by Crippen LogP contribution is -1.77. The number of aromatic nitrogens is 1. The Hall–Kier alpha value is -1.02. The molecule has 0 aliphatic rings. The van der Waals surface area contributed by atoms with Gasteiger partial charge in [0.05, 0.1) is 5.39 Å². The van der Waals surface area contributed by atoms with E-state index in [1.165, 1.54) is 5.56 Å². The highest BCUT2D eigenvalue weighted by molar-refractivity contribution is 6.34. The topological polar surface area (TPSA) is 26.0 Å². The van der Waals surface area contributed by atoms with Crippen molar-refractivity contribution < 1.29 is 4.52 Å². The van der Waals surface area contributed by atoms with Crippen LogP contribution in [0.4, 0.5) is 0 Å². The minimum Gasteiger partial charge on any atom is -0.355 e. The van der Waals surface area contributed by atoms with E-state index in [4.69, 9.17) is 16.1 Å². The Morgan fingerprint density at radius 3 is 3.08 bits per heavy atom. The van der Waals surface area contributed by atoms with Gasteiger partial charge < -0.3 is 4.52 Å². The molecule has 2 rings (SSSR count). The smallest absolute Gasteiger partial charge is 0.180 e. The fraction of sp³-hybridized carbons (Fsp3) is 0.222. The van der Waals surface area contributed by atoms with E-state index >= 15 is 0 Å². The summed E-state index contributed by atoms with van der Waals surface area (Å²) in [4.78, 5) is 0. The SMILES string of the molecule is CCc1ccc2onc(Cl)c2c1. The second kappa shape index (κ2) is 2.79. The Bertz CT molecular complexity index is 408. The molecule has 0 saturated heterocycles. The van der Waals surface area contributed by atoms with Crippen LogP contribution in [0.3, 0.4) is 0 Å². The van der Waals surface area contributed by atoms with E-state index in [1.807, 2.05) is 18.2 Å². The van der Waals surface area contributed by atoms with E-state index in [-0.39, 0.29) is 0 Å². The van der Waals surface area contributed by atoms with E-state index in [2.05, 4.69) is 12.1 Å². The predicted molar refractivity (Wildman–Crippen MR) is 48.4 cm³/mol. The molecule has 0 spiro atoms. The van der Waals surface area contributed by atoms with Crippen LogP contribution in [0.25, 0.3) is 11.0 Å². The Kier molecular flexibility index (Phi) is 1.77. The molecule has 62 valence electrons. The first-order valence-electron chi connectivity index (χ1n) is 3.85. The Morgan fingerprint density at radius 2 is 2.33 bits per heavy atom. The molecule has 0 fully saturated rings. The molecule has 0 aliphatic heterocycles. The molecule has 0 radical (unpaired) electrons. The molecule has 0 N–H and O–H groups in total. The summed E-state index contributed by atoms with van der Waals surface area (Å²) in [6, 6.07) is 5.92. The second-order valence-corrected chi connectivity index (χ2v) is 3.02. The van der Waals surface area contributed by atoms with Crippen molar-refractivity contribution in [1.29, 1.82) is 0 Å². The zero-order chi connectivity index (χ0) is 8.55. The van der Waals surface area contributed by atoms with Gasteiger partial charge in [0, 0.05) is 0 Å². The van der Waals surface area contributed by atoms with Gasteiger partial charge in [-0.2, -0.15) is 0 Å². The van der Waals surface area contributed by atoms with Gasteiger partial charge in [-0.1, -0.05) is 29.7 Å². The zero-order valence-electron chi connectivity index (χ0n) is 6.67. The zero-order valence-corrected chi connectivity index (χ0v) is 7.43. The van der Waals surface area contributed by atoms with Gasteiger partial charge in [0.15, 0.2) is 10.7 Å². The van der Waals surface area contributed by atoms with E-state index in [0.717, 1.165) is 17.4 Å². The van der Waals surface area contributed by atoms with E-state index in [0.29, 0.717) is 5.15 Å². The van der Waals surface area contributed by atoms with Gasteiger partial charge >= 0.3 is 0 Å². The molecule has 0 atom stereocenters. The standard InChI is InChI=1S/C9H8ClNO/c1-2-6-3-4-8-7(5-6)9(10)11-12-8/h3-5H,2H2,1H3. The van der Waals surface area contributed by atoms with Gasteiger partial charge in [0.1, 0.15) is 0 Å². The lowest BCUT2D eigenvalue weighted by molar-refractivity contribution is 0.457. The molecule has 12 heavy (non-hydrogen) atoms. The van der Waals surface area contributed by atoms with Crippen LogP contribution < -0.4 is 0 Å². The average molecular weight is 182 g/mol. The predicted octanol–water partition coefficient (Wildman–Crippen LogP) is 3.04. The third-order valence-electron chi connectivity index (χ3n) is 1.90. The quantitative estimate of drug-likeness (QED) is 0.676. The molecule has 1 heterocycles. The number of hydrogen-bond acceptors (Lipinski definition) is 2. The summed E-state index contributed by atoms with van der Waals surface area (Å²) in [5.74, 6) is 0. The van der Waals surface area contributed by atoms with Crippen molar-refractivity contribution in [1.82, 2.24) is 5.16 Å². The van der Waals surface area contributed by atoms with Crippen molar-refractivity contribution in [3.63, 3.8) is 0 Å². The maximum atomic E-state index is 5.80. The highest BCUT2D eigenvalue weighted by Gasteiger charge is 2.04. The fourth-order valence-electron chi connectivity index (χ4n) is 1.18. The van der Waals surface area contributed by atoms with Crippen molar-refractivity contribution in [2.75, 3.05) is 0 Å². The molecule has 1 aromatic heterocycles. The van der Waals surface area contributed by atoms with Crippen LogP contribution >= 0.6 is 11.6 Å². The third kappa shape index (κ3) is 1.08. The summed E-state index contributed by atoms with van der Waals surface area (Å²) in [6.45, 7) is 2.10. The van der Waals surface area contributed by atoms with E-state index < -0.39 is 0 Å². The lowest BCUT2D eigenvalue weighted by Gasteiger charge is -1.93. The maximum absolute atomic E-state index is 5.80. The van der Waals surface area contributed by atoms with Crippen LogP contribution in [0.15, 0.2) is 22.7 Å². The van der Waals surface area contributed by atoms with Crippen molar-refractivity contribution in [3.05, 3.63) is 28.9 Å². The van der Waals surface area contributed by atoms with E-state index in [1.54, 1.807) is 0 Å². The first-order valence-corrected chi connectivity index (χ1v) is 4.23. The second-order valence-electron chi connectivity index (χ2n) is 2.66. The summed E-state index contributed by atoms with van der Waals surface area (Å²) in [6.07, 6.45) is 0.997. The number of nitrogens with zero attached hydrogens (tertiary/aromatic N) is 1. The summed E-state index contributed by atoms with van der Waals surface area (Å²) < 4.78 is 4.97. The Morgan fingerprint density at radius 1 is 1.50 bits per heavy atom. The van der Waals surface area contributed by atoms with E-state index in [9.17, 15) is 0 Å². The van der Waals surface area contributed by atoms with Gasteiger partial charge in [-0.3, -0.25) is 0 Å². The number of hydrogen-bond donors (Lipinski definition) is 0. The Balaban J connectivity index is 2.71. The highest BCUT2D eigenvalue weighted by Crippen LogP contribution is 2.23. The number of aryl methyl sites for hydroxylation is 1. The highest BCUT2D eigenvalue weighted by atomic mass is 35.5.